The molecule has 0 aliphatic rings. The molecule has 0 aromatic carbocycles. The van der Waals surface area contributed by atoms with Crippen LogP contribution >= 0.6 is 11.6 Å². The Morgan fingerprint density at radius 3 is 2.90 bits per heavy atom. The van der Waals surface area contributed by atoms with Crippen LogP contribution < -0.4 is 5.73 Å². The number of aryl methyl sites for hydroxylation is 1. The van der Waals surface area contributed by atoms with Gasteiger partial charge in [0.2, 0.25) is 0 Å². The molecule has 0 radical (unpaired) electrons. The number of aromatic nitrogens is 1. The van der Waals surface area contributed by atoms with E-state index in [1.165, 1.54) is 0 Å². The predicted octanol–water partition coefficient (Wildman–Crippen LogP) is 1.88. The average Bonchev–Trinajstić information content (AvgIpc) is 1.95. The summed E-state index contributed by atoms with van der Waals surface area (Å²) in [6.45, 7) is 2.03. The monoisotopic (exact) mass is 156 g/mol. The Morgan fingerprint density at radius 1 is 1.70 bits per heavy atom. The van der Waals surface area contributed by atoms with E-state index in [0.29, 0.717) is 10.8 Å². The van der Waals surface area contributed by atoms with Gasteiger partial charge in [-0.3, -0.25) is 0 Å². The van der Waals surface area contributed by atoms with Crippen LogP contribution in [0.2, 0.25) is 5.02 Å². The molecule has 0 aliphatic heterocycles. The summed E-state index contributed by atoms with van der Waals surface area (Å²) in [5.41, 5.74) is 6.50. The van der Waals surface area contributed by atoms with Crippen LogP contribution in [0.1, 0.15) is 12.5 Å². The maximum absolute atomic E-state index is 5.81. The van der Waals surface area contributed by atoms with Crippen LogP contribution in [0.15, 0.2) is 12.3 Å². The van der Waals surface area contributed by atoms with Crippen molar-refractivity contribution >= 4 is 17.4 Å². The molecule has 0 atom stereocenters. The van der Waals surface area contributed by atoms with E-state index in [2.05, 4.69) is 4.98 Å². The number of pyridine rings is 1. The highest BCUT2D eigenvalue weighted by molar-refractivity contribution is 6.33. The van der Waals surface area contributed by atoms with Crippen molar-refractivity contribution in [3.8, 4) is 0 Å². The average molecular weight is 157 g/mol. The summed E-state index contributed by atoms with van der Waals surface area (Å²) in [4.78, 5) is 3.83. The molecule has 54 valence electrons. The summed E-state index contributed by atoms with van der Waals surface area (Å²) in [7, 11) is 0. The molecule has 2 nitrogen and oxygen atoms in total. The first kappa shape index (κ1) is 7.35. The van der Waals surface area contributed by atoms with Crippen LogP contribution in [-0.2, 0) is 6.42 Å². The van der Waals surface area contributed by atoms with E-state index in [-0.39, 0.29) is 0 Å². The number of nitrogens with zero attached hydrogens (tertiary/aromatic N) is 1. The summed E-state index contributed by atoms with van der Waals surface area (Å²) in [5.74, 6) is 0.418. The second-order valence-corrected chi connectivity index (χ2v) is 2.40. The fraction of sp³-hybridized carbons (Fsp3) is 0.286. The van der Waals surface area contributed by atoms with Crippen LogP contribution in [0.5, 0.6) is 0 Å². The number of halogens is 1. The van der Waals surface area contributed by atoms with Crippen molar-refractivity contribution in [1.82, 2.24) is 4.98 Å². The lowest BCUT2D eigenvalue weighted by atomic mass is 10.2. The van der Waals surface area contributed by atoms with E-state index in [9.17, 15) is 0 Å². The Labute approximate surface area is 65.0 Å². The first-order valence-electron chi connectivity index (χ1n) is 3.14. The minimum absolute atomic E-state index is 0.418. The maximum Gasteiger partial charge on any atom is 0.142 e. The molecule has 10 heavy (non-hydrogen) atoms. The van der Waals surface area contributed by atoms with E-state index in [4.69, 9.17) is 17.3 Å². The minimum atomic E-state index is 0.418. The first-order valence-corrected chi connectivity index (χ1v) is 3.52. The molecule has 0 unspecified atom stereocenters. The molecule has 0 fully saturated rings. The molecule has 0 saturated carbocycles. The van der Waals surface area contributed by atoms with Crippen molar-refractivity contribution in [2.45, 2.75) is 13.3 Å². The number of nitrogen functional groups attached to an aromatic ring is 1. The molecule has 3 heteroatoms. The van der Waals surface area contributed by atoms with Gasteiger partial charge in [0.25, 0.3) is 0 Å². The number of nitrogens with two attached hydrogens (primary N) is 1. The van der Waals surface area contributed by atoms with E-state index >= 15 is 0 Å². The summed E-state index contributed by atoms with van der Waals surface area (Å²) in [6.07, 6.45) is 2.56. The third-order valence-corrected chi connectivity index (χ3v) is 1.81. The smallest absolute Gasteiger partial charge is 0.142 e. The number of hydrogen-bond donors (Lipinski definition) is 1. The van der Waals surface area contributed by atoms with E-state index in [1.807, 2.05) is 13.0 Å². The summed E-state index contributed by atoms with van der Waals surface area (Å²) < 4.78 is 0. The third-order valence-electron chi connectivity index (χ3n) is 1.38. The largest absolute Gasteiger partial charge is 0.382 e. The highest BCUT2D eigenvalue weighted by Crippen LogP contribution is 2.20. The van der Waals surface area contributed by atoms with E-state index in [1.54, 1.807) is 6.20 Å². The zero-order valence-electron chi connectivity index (χ0n) is 5.76. The van der Waals surface area contributed by atoms with Gasteiger partial charge in [-0.15, -0.1) is 0 Å². The third kappa shape index (κ3) is 1.21. The minimum Gasteiger partial charge on any atom is -0.382 e. The lowest BCUT2D eigenvalue weighted by Crippen LogP contribution is -1.93. The molecule has 1 heterocycles. The van der Waals surface area contributed by atoms with Crippen LogP contribution in [-0.4, -0.2) is 4.98 Å². The number of rotatable bonds is 1. The highest BCUT2D eigenvalue weighted by Gasteiger charge is 2.00. The number of anilines is 1. The van der Waals surface area contributed by atoms with Gasteiger partial charge in [0, 0.05) is 6.20 Å². The van der Waals surface area contributed by atoms with Crippen molar-refractivity contribution < 1.29 is 0 Å². The lowest BCUT2D eigenvalue weighted by molar-refractivity contribution is 1.12. The SMILES string of the molecule is CCc1ccnc(N)c1Cl. The Balaban J connectivity index is 3.14. The van der Waals surface area contributed by atoms with Gasteiger partial charge < -0.3 is 5.73 Å². The molecular weight excluding hydrogens is 148 g/mol. The van der Waals surface area contributed by atoms with Gasteiger partial charge in [0.05, 0.1) is 5.02 Å². The fourth-order valence-corrected chi connectivity index (χ4v) is 1.02. The number of hydrogen-bond acceptors (Lipinski definition) is 2. The Kier molecular flexibility index (Phi) is 2.12. The van der Waals surface area contributed by atoms with Crippen molar-refractivity contribution in [3.05, 3.63) is 22.8 Å². The molecular formula is C7H9ClN2. The second kappa shape index (κ2) is 2.88. The molecule has 2 N–H and O–H groups in total. The van der Waals surface area contributed by atoms with E-state index in [0.717, 1.165) is 12.0 Å². The first-order chi connectivity index (χ1) is 4.75. The Morgan fingerprint density at radius 2 is 2.40 bits per heavy atom. The molecule has 0 spiro atoms. The van der Waals surface area contributed by atoms with Crippen molar-refractivity contribution in [2.24, 2.45) is 0 Å². The van der Waals surface area contributed by atoms with E-state index < -0.39 is 0 Å². The zero-order chi connectivity index (χ0) is 7.56. The molecule has 1 rings (SSSR count). The van der Waals surface area contributed by atoms with Crippen LogP contribution in [0.4, 0.5) is 5.82 Å². The van der Waals surface area contributed by atoms with Crippen LogP contribution in [0, 0.1) is 0 Å². The Bertz CT molecular complexity index is 235. The second-order valence-electron chi connectivity index (χ2n) is 2.02. The van der Waals surface area contributed by atoms with Crippen LogP contribution in [0.3, 0.4) is 0 Å². The van der Waals surface area contributed by atoms with Gasteiger partial charge in [-0.25, -0.2) is 4.98 Å². The van der Waals surface area contributed by atoms with Gasteiger partial charge >= 0.3 is 0 Å². The molecule has 0 bridgehead atoms. The summed E-state index contributed by atoms with van der Waals surface area (Å²) >= 11 is 5.81. The molecule has 0 aliphatic carbocycles. The standard InChI is InChI=1S/C7H9ClN2/c1-2-5-3-4-10-7(9)6(5)8/h3-4H,2H2,1H3,(H2,9,10). The van der Waals surface area contributed by atoms with Gasteiger partial charge in [-0.05, 0) is 18.1 Å². The normalized spacial score (nSPS) is 9.80. The van der Waals surface area contributed by atoms with Gasteiger partial charge in [-0.1, -0.05) is 18.5 Å². The van der Waals surface area contributed by atoms with Gasteiger partial charge in [0.15, 0.2) is 0 Å². The molecule has 0 amide bonds. The molecule has 0 saturated heterocycles. The topological polar surface area (TPSA) is 38.9 Å². The van der Waals surface area contributed by atoms with Crippen molar-refractivity contribution in [3.63, 3.8) is 0 Å². The fourth-order valence-electron chi connectivity index (χ4n) is 0.775. The maximum atomic E-state index is 5.81. The Hall–Kier alpha value is -0.760. The van der Waals surface area contributed by atoms with Gasteiger partial charge in [-0.2, -0.15) is 0 Å². The highest BCUT2D eigenvalue weighted by atomic mass is 35.5. The van der Waals surface area contributed by atoms with Crippen molar-refractivity contribution in [1.29, 1.82) is 0 Å². The summed E-state index contributed by atoms with van der Waals surface area (Å²) in [6, 6.07) is 1.87. The van der Waals surface area contributed by atoms with Gasteiger partial charge in [0.1, 0.15) is 5.82 Å². The molecule has 1 aromatic rings. The van der Waals surface area contributed by atoms with Crippen molar-refractivity contribution in [2.75, 3.05) is 5.73 Å². The summed E-state index contributed by atoms with van der Waals surface area (Å²) in [5, 5.41) is 0.588. The quantitative estimate of drug-likeness (QED) is 0.675. The zero-order valence-corrected chi connectivity index (χ0v) is 6.52. The van der Waals surface area contributed by atoms with Crippen LogP contribution in [0.25, 0.3) is 0 Å². The predicted molar refractivity (Wildman–Crippen MR) is 43.0 cm³/mol. The lowest BCUT2D eigenvalue weighted by Gasteiger charge is -2.00. The molecule has 1 aromatic heterocycles.